The monoisotopic (exact) mass is 333 g/mol. The average Bonchev–Trinajstić information content (AvgIpc) is 2.47. The highest BCUT2D eigenvalue weighted by molar-refractivity contribution is 5.89. The number of hydrogen-bond acceptors (Lipinski definition) is 6. The van der Waals surface area contributed by atoms with Gasteiger partial charge in [-0.05, 0) is 18.8 Å². The van der Waals surface area contributed by atoms with Crippen molar-refractivity contribution in [2.24, 2.45) is 22.5 Å². The second-order valence-electron chi connectivity index (χ2n) is 5.10. The lowest BCUT2D eigenvalue weighted by Gasteiger charge is -2.21. The highest BCUT2D eigenvalue weighted by atomic mass is 16.7. The zero-order chi connectivity index (χ0) is 18.0. The van der Waals surface area contributed by atoms with E-state index in [1.54, 1.807) is 13.8 Å². The molecule has 0 saturated heterocycles. The van der Waals surface area contributed by atoms with Crippen molar-refractivity contribution in [2.45, 2.75) is 38.8 Å². The summed E-state index contributed by atoms with van der Waals surface area (Å²) in [6.07, 6.45) is 0.477. The summed E-state index contributed by atoms with van der Waals surface area (Å²) in [5.74, 6) is -1.80. The summed E-state index contributed by atoms with van der Waals surface area (Å²) in [6, 6.07) is -1.78. The summed E-state index contributed by atoms with van der Waals surface area (Å²) in [5, 5.41) is 25.6. The Kier molecular flexibility index (Phi) is 9.18. The van der Waals surface area contributed by atoms with Gasteiger partial charge in [-0.1, -0.05) is 13.8 Å². The number of nitrogens with two attached hydrogens (primary N) is 2. The maximum Gasteiger partial charge on any atom is 0.266 e. The highest BCUT2D eigenvalue weighted by Crippen LogP contribution is 2.02. The van der Waals surface area contributed by atoms with Crippen molar-refractivity contribution in [3.8, 4) is 0 Å². The largest absolute Gasteiger partial charge is 0.365 e. The molecular formula is C11H23N7O5. The molecule has 0 saturated carbocycles. The van der Waals surface area contributed by atoms with E-state index in [1.807, 2.05) is 0 Å². The van der Waals surface area contributed by atoms with Crippen LogP contribution >= 0.6 is 0 Å². The summed E-state index contributed by atoms with van der Waals surface area (Å²) in [7, 11) is 0. The molecule has 12 nitrogen and oxygen atoms in total. The summed E-state index contributed by atoms with van der Waals surface area (Å²) >= 11 is 0. The lowest BCUT2D eigenvalue weighted by atomic mass is 10.0. The summed E-state index contributed by atoms with van der Waals surface area (Å²) < 4.78 is 0. The van der Waals surface area contributed by atoms with Crippen molar-refractivity contribution in [3.05, 3.63) is 10.1 Å². The second-order valence-corrected chi connectivity index (χ2v) is 5.10. The minimum absolute atomic E-state index is 0.118. The first-order chi connectivity index (χ1) is 10.7. The standard InChI is InChI=1S/C11H23N7O5/c1-6(2)8(12)10(20)15-7(9(19)17-21)4-3-5-14-11(13)16-18(22)23/h6-8,21H,3-5,12H2,1-2H3,(H,15,20)(H,17,19)(H3,13,14,16)/t7-,8-/m0/s1. The fraction of sp³-hybridized carbons (Fsp3) is 0.727. The van der Waals surface area contributed by atoms with Crippen LogP contribution in [0.4, 0.5) is 0 Å². The predicted molar refractivity (Wildman–Crippen MR) is 80.5 cm³/mol. The van der Waals surface area contributed by atoms with Crippen molar-refractivity contribution in [3.63, 3.8) is 0 Å². The summed E-state index contributed by atoms with van der Waals surface area (Å²) in [5.41, 5.74) is 12.4. The topological polar surface area (TPSA) is 198 Å². The van der Waals surface area contributed by atoms with Gasteiger partial charge in [0.15, 0.2) is 5.03 Å². The molecule has 23 heavy (non-hydrogen) atoms. The van der Waals surface area contributed by atoms with E-state index in [0.29, 0.717) is 6.42 Å². The Morgan fingerprint density at radius 2 is 1.96 bits per heavy atom. The van der Waals surface area contributed by atoms with Gasteiger partial charge in [0.2, 0.25) is 5.91 Å². The van der Waals surface area contributed by atoms with Gasteiger partial charge in [0.05, 0.1) is 6.04 Å². The van der Waals surface area contributed by atoms with Crippen LogP contribution in [-0.2, 0) is 9.59 Å². The van der Waals surface area contributed by atoms with Crippen LogP contribution in [0.3, 0.4) is 0 Å². The van der Waals surface area contributed by atoms with Crippen LogP contribution in [0.25, 0.3) is 0 Å². The number of rotatable bonds is 9. The van der Waals surface area contributed by atoms with Crippen molar-refractivity contribution < 1.29 is 19.8 Å². The zero-order valence-corrected chi connectivity index (χ0v) is 13.0. The Bertz CT molecular complexity index is 454. The number of hydroxylamine groups is 1. The Morgan fingerprint density at radius 3 is 2.43 bits per heavy atom. The van der Waals surface area contributed by atoms with Gasteiger partial charge in [-0.15, -0.1) is 0 Å². The molecule has 0 unspecified atom stereocenters. The molecule has 0 aromatic carbocycles. The molecule has 0 spiro atoms. The van der Waals surface area contributed by atoms with Gasteiger partial charge < -0.3 is 22.1 Å². The van der Waals surface area contributed by atoms with Gasteiger partial charge in [-0.25, -0.2) is 15.6 Å². The summed E-state index contributed by atoms with van der Waals surface area (Å²) in [4.78, 5) is 33.5. The third kappa shape index (κ3) is 8.53. The highest BCUT2D eigenvalue weighted by Gasteiger charge is 2.24. The SMILES string of the molecule is CC(C)[C@H](N)C(=O)N[C@@H](CCCN/C(N)=N/[N+](=O)[O-])C(=O)NO. The van der Waals surface area contributed by atoms with E-state index in [0.717, 1.165) is 0 Å². The van der Waals surface area contributed by atoms with E-state index >= 15 is 0 Å². The second kappa shape index (κ2) is 10.3. The molecule has 0 aliphatic heterocycles. The molecule has 0 heterocycles. The van der Waals surface area contributed by atoms with Gasteiger partial charge in [-0.3, -0.25) is 14.8 Å². The number of carbonyl (C=O) groups excluding carboxylic acids is 2. The van der Waals surface area contributed by atoms with Crippen molar-refractivity contribution >= 4 is 17.8 Å². The van der Waals surface area contributed by atoms with Crippen molar-refractivity contribution in [1.29, 1.82) is 0 Å². The third-order valence-corrected chi connectivity index (χ3v) is 2.93. The first-order valence-electron chi connectivity index (χ1n) is 6.91. The minimum atomic E-state index is -0.993. The molecule has 2 amide bonds. The molecule has 0 aromatic rings. The van der Waals surface area contributed by atoms with Crippen LogP contribution in [0, 0.1) is 16.0 Å². The molecule has 0 bridgehead atoms. The molecule has 0 fully saturated rings. The Morgan fingerprint density at radius 1 is 1.35 bits per heavy atom. The maximum absolute atomic E-state index is 11.9. The van der Waals surface area contributed by atoms with E-state index in [-0.39, 0.29) is 24.8 Å². The number of carbonyl (C=O) groups is 2. The molecule has 2 atom stereocenters. The number of hydrazone groups is 1. The number of nitrogens with zero attached hydrogens (tertiary/aromatic N) is 2. The Balaban J connectivity index is 4.45. The van der Waals surface area contributed by atoms with Gasteiger partial charge in [0, 0.05) is 6.54 Å². The average molecular weight is 333 g/mol. The quantitative estimate of drug-likeness (QED) is 0.0684. The molecule has 0 aliphatic rings. The number of amides is 2. The molecular weight excluding hydrogens is 310 g/mol. The Hall–Kier alpha value is -2.47. The smallest absolute Gasteiger partial charge is 0.266 e. The van der Waals surface area contributed by atoms with Gasteiger partial charge in [0.1, 0.15) is 11.1 Å². The predicted octanol–water partition coefficient (Wildman–Crippen LogP) is -2.16. The van der Waals surface area contributed by atoms with E-state index in [4.69, 9.17) is 16.7 Å². The van der Waals surface area contributed by atoms with Gasteiger partial charge >= 0.3 is 0 Å². The van der Waals surface area contributed by atoms with Crippen molar-refractivity contribution in [1.82, 2.24) is 16.1 Å². The molecule has 8 N–H and O–H groups in total. The lowest BCUT2D eigenvalue weighted by molar-refractivity contribution is -0.485. The normalized spacial score (nSPS) is 14.0. The van der Waals surface area contributed by atoms with E-state index in [9.17, 15) is 19.7 Å². The maximum atomic E-state index is 11.9. The number of guanidine groups is 1. The van der Waals surface area contributed by atoms with Crippen LogP contribution in [0.1, 0.15) is 26.7 Å². The van der Waals surface area contributed by atoms with Crippen LogP contribution < -0.4 is 27.6 Å². The number of nitrogens with one attached hydrogen (secondary N) is 3. The van der Waals surface area contributed by atoms with E-state index < -0.39 is 28.9 Å². The van der Waals surface area contributed by atoms with Gasteiger partial charge in [-0.2, -0.15) is 0 Å². The molecule has 132 valence electrons. The van der Waals surface area contributed by atoms with E-state index in [2.05, 4.69) is 15.7 Å². The van der Waals surface area contributed by atoms with Crippen molar-refractivity contribution in [2.75, 3.05) is 6.54 Å². The first kappa shape index (κ1) is 20.5. The molecule has 0 aliphatic carbocycles. The first-order valence-corrected chi connectivity index (χ1v) is 6.91. The fourth-order valence-electron chi connectivity index (χ4n) is 1.56. The molecule has 12 heteroatoms. The van der Waals surface area contributed by atoms with E-state index in [1.165, 1.54) is 5.48 Å². The lowest BCUT2D eigenvalue weighted by Crippen LogP contribution is -2.52. The van der Waals surface area contributed by atoms with Crippen LogP contribution in [-0.4, -0.2) is 46.6 Å². The number of nitro groups is 1. The molecule has 0 aromatic heterocycles. The van der Waals surface area contributed by atoms with Crippen LogP contribution in [0.2, 0.25) is 0 Å². The van der Waals surface area contributed by atoms with Gasteiger partial charge in [0.25, 0.3) is 11.9 Å². The number of hydrogen-bond donors (Lipinski definition) is 6. The zero-order valence-electron chi connectivity index (χ0n) is 13.0. The third-order valence-electron chi connectivity index (χ3n) is 2.93. The van der Waals surface area contributed by atoms with Crippen LogP contribution in [0.5, 0.6) is 0 Å². The van der Waals surface area contributed by atoms with Crippen LogP contribution in [0.15, 0.2) is 5.10 Å². The Labute approximate surface area is 132 Å². The molecule has 0 rings (SSSR count). The fourth-order valence-corrected chi connectivity index (χ4v) is 1.56. The summed E-state index contributed by atoms with van der Waals surface area (Å²) in [6.45, 7) is 3.70. The molecule has 0 radical (unpaired) electrons. The minimum Gasteiger partial charge on any atom is -0.365 e.